The average molecular weight is 1070 g/mol. The zero-order chi connectivity index (χ0) is 58.0. The molecule has 9 rings (SSSR count). The zero-order valence-corrected chi connectivity index (χ0v) is 47.2. The van der Waals surface area contributed by atoms with Gasteiger partial charge in [-0.2, -0.15) is 0 Å². The van der Waals surface area contributed by atoms with E-state index in [4.69, 9.17) is 33.2 Å². The third-order valence-electron chi connectivity index (χ3n) is 11.6. The molecule has 0 saturated carbocycles. The Labute approximate surface area is 470 Å². The van der Waals surface area contributed by atoms with Crippen LogP contribution in [0.15, 0.2) is 212 Å². The largest absolute Gasteiger partial charge is 0.497 e. The first-order valence-electron chi connectivity index (χ1n) is 25.6. The van der Waals surface area contributed by atoms with Crippen LogP contribution in [0.1, 0.15) is 76.9 Å². The van der Waals surface area contributed by atoms with Crippen molar-refractivity contribution in [1.29, 1.82) is 0 Å². The first-order valence-corrected chi connectivity index (χ1v) is 25.6. The van der Waals surface area contributed by atoms with Crippen LogP contribution in [-0.4, -0.2) is 45.2 Å². The Hall–Kier alpha value is -9.74. The van der Waals surface area contributed by atoms with Gasteiger partial charge in [-0.25, -0.2) is 14.4 Å². The maximum atomic E-state index is 12.0. The second kappa shape index (κ2) is 31.5. The molecule has 0 atom stereocenters. The van der Waals surface area contributed by atoms with E-state index in [1.807, 2.05) is 95.3 Å². The Morgan fingerprint density at radius 2 is 0.512 bits per heavy atom. The van der Waals surface area contributed by atoms with Crippen molar-refractivity contribution >= 4 is 23.9 Å². The molecular weight excluding hydrogens is 1000 g/mol. The molecule has 0 aliphatic heterocycles. The molecule has 0 N–H and O–H groups in total. The quantitative estimate of drug-likeness (QED) is 0.0905. The Morgan fingerprint density at radius 3 is 0.812 bits per heavy atom. The maximum absolute atomic E-state index is 12.0. The van der Waals surface area contributed by atoms with Crippen molar-refractivity contribution in [1.82, 2.24) is 0 Å². The lowest BCUT2D eigenvalue weighted by Crippen LogP contribution is -2.08. The second-order valence-electron chi connectivity index (χ2n) is 18.4. The third-order valence-corrected chi connectivity index (χ3v) is 11.6. The molecule has 0 aliphatic rings. The van der Waals surface area contributed by atoms with E-state index in [-0.39, 0.29) is 17.9 Å². The fraction of sp³-hybridized carbons (Fsp3) is 0.159. The number of esters is 4. The summed E-state index contributed by atoms with van der Waals surface area (Å²) in [6, 6.07) is 65.7. The van der Waals surface area contributed by atoms with Gasteiger partial charge in [0.2, 0.25) is 0 Å². The number of methoxy groups -OCH3 is 3. The van der Waals surface area contributed by atoms with Gasteiger partial charge in [0.25, 0.3) is 0 Å². The normalized spacial score (nSPS) is 9.89. The monoisotopic (exact) mass is 1070 g/mol. The van der Waals surface area contributed by atoms with E-state index in [1.54, 1.807) is 117 Å². The Morgan fingerprint density at radius 1 is 0.263 bits per heavy atom. The summed E-state index contributed by atoms with van der Waals surface area (Å²) in [4.78, 5) is 46.1. The van der Waals surface area contributed by atoms with Crippen molar-refractivity contribution in [2.45, 2.75) is 55.4 Å². The van der Waals surface area contributed by atoms with Crippen LogP contribution in [0.2, 0.25) is 0 Å². The van der Waals surface area contributed by atoms with Crippen LogP contribution in [-0.2, 0) is 4.79 Å². The minimum atomic E-state index is -0.435. The number of rotatable bonds is 11. The number of ether oxygens (including phenoxy) is 7. The van der Waals surface area contributed by atoms with E-state index in [0.29, 0.717) is 56.9 Å². The fourth-order valence-electron chi connectivity index (χ4n) is 6.96. The number of aryl methyl sites for hydroxylation is 7. The number of benzene rings is 9. The first-order chi connectivity index (χ1) is 38.4. The Bertz CT molecular complexity index is 3310. The van der Waals surface area contributed by atoms with Crippen LogP contribution in [0.4, 0.5) is 0 Å². The summed E-state index contributed by atoms with van der Waals surface area (Å²) in [6.45, 7) is 15.5. The average Bonchev–Trinajstić information content (AvgIpc) is 3.47. The zero-order valence-electron chi connectivity index (χ0n) is 47.2. The van der Waals surface area contributed by atoms with Crippen molar-refractivity contribution in [3.63, 3.8) is 0 Å². The molecule has 9 aromatic carbocycles. The third kappa shape index (κ3) is 21.0. The predicted molar refractivity (Wildman–Crippen MR) is 316 cm³/mol. The summed E-state index contributed by atoms with van der Waals surface area (Å²) in [5.41, 5.74) is 12.3. The number of hydrogen-bond acceptors (Lipinski definition) is 11. The lowest BCUT2D eigenvalue weighted by atomic mass is 10.0. The van der Waals surface area contributed by atoms with Crippen molar-refractivity contribution in [2.75, 3.05) is 21.3 Å². The summed E-state index contributed by atoms with van der Waals surface area (Å²) in [5.74, 6) is 2.58. The van der Waals surface area contributed by atoms with Gasteiger partial charge in [-0.15, -0.1) is 0 Å². The van der Waals surface area contributed by atoms with E-state index in [2.05, 4.69) is 62.4 Å². The lowest BCUT2D eigenvalue weighted by molar-refractivity contribution is -0.131. The molecule has 11 nitrogen and oxygen atoms in total. The molecule has 0 saturated heterocycles. The minimum absolute atomic E-state index is 0.283. The second-order valence-corrected chi connectivity index (χ2v) is 18.4. The molecule has 0 fully saturated rings. The minimum Gasteiger partial charge on any atom is -0.497 e. The number of hydrogen-bond donors (Lipinski definition) is 0. The highest BCUT2D eigenvalue weighted by molar-refractivity contribution is 5.92. The topological polar surface area (TPSA) is 133 Å². The molecule has 0 spiro atoms. The fourth-order valence-corrected chi connectivity index (χ4v) is 6.96. The van der Waals surface area contributed by atoms with E-state index >= 15 is 0 Å². The van der Waals surface area contributed by atoms with E-state index in [9.17, 15) is 19.2 Å². The molecule has 0 radical (unpaired) electrons. The molecule has 80 heavy (non-hydrogen) atoms. The lowest BCUT2D eigenvalue weighted by Gasteiger charge is -2.09. The SMILES string of the molecule is CC(=O)Oc1ccc(C)cc1.COc1ccc(C(=O)Oc2ccc(C)cc2)cc1.COc1ccc(C(=O)Oc2ccc(C)cc2)cc1OC.Cc1ccc(-c2ccc(C)cc2)cc1.Cc1ccc(OC(=O)c2ccc(C)cc2)cc1. The van der Waals surface area contributed by atoms with Crippen LogP contribution in [0, 0.1) is 48.5 Å². The molecular formula is C69H68O11. The van der Waals surface area contributed by atoms with Crippen LogP contribution in [0.25, 0.3) is 11.1 Å². The van der Waals surface area contributed by atoms with Crippen molar-refractivity contribution in [3.8, 4) is 51.4 Å². The molecule has 0 aliphatic carbocycles. The number of carbonyl (C=O) groups excluding carboxylic acids is 4. The Balaban J connectivity index is 0.000000186. The van der Waals surface area contributed by atoms with E-state index in [1.165, 1.54) is 36.3 Å². The van der Waals surface area contributed by atoms with Gasteiger partial charge in [0, 0.05) is 6.92 Å². The number of carbonyl (C=O) groups is 4. The summed E-state index contributed by atoms with van der Waals surface area (Å²) >= 11 is 0. The van der Waals surface area contributed by atoms with Gasteiger partial charge in [-0.05, 0) is 163 Å². The summed E-state index contributed by atoms with van der Waals surface area (Å²) in [6.07, 6.45) is 0. The van der Waals surface area contributed by atoms with Gasteiger partial charge in [-0.1, -0.05) is 148 Å². The van der Waals surface area contributed by atoms with Crippen molar-refractivity contribution in [2.24, 2.45) is 0 Å². The molecule has 0 bridgehead atoms. The highest BCUT2D eigenvalue weighted by Gasteiger charge is 2.13. The van der Waals surface area contributed by atoms with Crippen molar-refractivity contribution < 1.29 is 52.3 Å². The van der Waals surface area contributed by atoms with Gasteiger partial charge in [0.05, 0.1) is 38.0 Å². The maximum Gasteiger partial charge on any atom is 0.343 e. The summed E-state index contributed by atoms with van der Waals surface area (Å²) < 4.78 is 35.9. The first kappa shape index (κ1) is 61.1. The molecule has 0 amide bonds. The van der Waals surface area contributed by atoms with Gasteiger partial charge < -0.3 is 33.2 Å². The Kier molecular flexibility index (Phi) is 24.0. The smallest absolute Gasteiger partial charge is 0.343 e. The van der Waals surface area contributed by atoms with Crippen LogP contribution < -0.4 is 33.2 Å². The standard InChI is InChI=1S/C16H16O4.C15H14O3.C15H14O2.C14H14.C9H10O2/c1-11-4-7-13(8-5-11)20-16(17)12-6-9-14(18-2)15(10-12)19-3;1-11-3-7-14(8-4-11)18-15(16)12-5-9-13(17-2)10-6-12;1-11-3-7-13(8-4-11)15(16)17-14-9-5-12(2)6-10-14;1-11-3-7-13(8-4-11)14-9-5-12(2)6-10-14;1-7-3-5-9(6-4-7)11-8(2)10/h4-10H,1-3H3;3-10H,1-2H3;3-10H,1-2H3;3-10H,1-2H3;3-6H,1-2H3. The van der Waals surface area contributed by atoms with Gasteiger partial charge in [0.1, 0.15) is 28.7 Å². The molecule has 0 unspecified atom stereocenters. The van der Waals surface area contributed by atoms with Crippen molar-refractivity contribution in [3.05, 3.63) is 268 Å². The summed E-state index contributed by atoms with van der Waals surface area (Å²) in [7, 11) is 4.65. The highest BCUT2D eigenvalue weighted by Crippen LogP contribution is 2.28. The summed E-state index contributed by atoms with van der Waals surface area (Å²) in [5, 5.41) is 0. The van der Waals surface area contributed by atoms with E-state index < -0.39 is 5.97 Å². The van der Waals surface area contributed by atoms with Crippen LogP contribution in [0.5, 0.6) is 40.2 Å². The molecule has 0 heterocycles. The molecule has 410 valence electrons. The van der Waals surface area contributed by atoms with Gasteiger partial charge >= 0.3 is 23.9 Å². The van der Waals surface area contributed by atoms with Crippen LogP contribution >= 0.6 is 0 Å². The van der Waals surface area contributed by atoms with E-state index in [0.717, 1.165) is 27.8 Å². The molecule has 9 aromatic rings. The van der Waals surface area contributed by atoms with Gasteiger partial charge in [-0.3, -0.25) is 4.79 Å². The molecule has 11 heteroatoms. The van der Waals surface area contributed by atoms with Crippen LogP contribution in [0.3, 0.4) is 0 Å². The highest BCUT2D eigenvalue weighted by atomic mass is 16.5. The van der Waals surface area contributed by atoms with Gasteiger partial charge in [0.15, 0.2) is 11.5 Å². The predicted octanol–water partition coefficient (Wildman–Crippen LogP) is 15.9. The molecule has 0 aromatic heterocycles.